The molecule has 3 aliphatic rings. The van der Waals surface area contributed by atoms with Gasteiger partial charge in [-0.15, -0.1) is 0 Å². The number of hydrogen-bond acceptors (Lipinski definition) is 8. The zero-order valence-electron chi connectivity index (χ0n) is 27.7. The third-order valence-electron chi connectivity index (χ3n) is 9.33. The molecule has 0 radical (unpaired) electrons. The molecule has 0 bridgehead atoms. The molecule has 1 aliphatic carbocycles. The van der Waals surface area contributed by atoms with Gasteiger partial charge in [0.15, 0.2) is 0 Å². The predicted octanol–water partition coefficient (Wildman–Crippen LogP) is 5.79. The number of allylic oxidation sites excluding steroid dienone is 1. The van der Waals surface area contributed by atoms with E-state index in [2.05, 4.69) is 11.4 Å². The largest absolute Gasteiger partial charge is 0.497 e. The zero-order valence-corrected chi connectivity index (χ0v) is 27.7. The minimum atomic E-state index is -1.15. The number of carboxylic acid groups (broad SMARTS) is 1. The second-order valence-electron chi connectivity index (χ2n) is 12.7. The Kier molecular flexibility index (Phi) is 10.3. The number of hydrogen-bond donors (Lipinski definition) is 2. The maximum Gasteiger partial charge on any atom is 0.416 e. The highest BCUT2D eigenvalue weighted by Gasteiger charge is 2.51. The first kappa shape index (κ1) is 33.8. The van der Waals surface area contributed by atoms with Gasteiger partial charge in [0, 0.05) is 29.5 Å². The van der Waals surface area contributed by atoms with Gasteiger partial charge < -0.3 is 29.5 Å². The lowest BCUT2D eigenvalue weighted by molar-refractivity contribution is -0.139. The molecule has 6 rings (SSSR count). The molecule has 5 atom stereocenters. The monoisotopic (exact) mass is 670 g/mol. The molecule has 2 fully saturated rings. The maximum absolute atomic E-state index is 14.3. The number of carboxylic acids is 1. The average molecular weight is 671 g/mol. The van der Waals surface area contributed by atoms with Gasteiger partial charge in [-0.1, -0.05) is 55.3 Å². The number of urea groups is 1. The highest BCUT2D eigenvalue weighted by atomic mass is 16.6. The van der Waals surface area contributed by atoms with E-state index in [9.17, 15) is 24.3 Å². The number of rotatable bonds is 6. The Morgan fingerprint density at radius 1 is 1.04 bits per heavy atom. The number of aromatic nitrogens is 1. The van der Waals surface area contributed by atoms with Crippen molar-refractivity contribution in [2.45, 2.75) is 76.1 Å². The van der Waals surface area contributed by atoms with Crippen LogP contribution in [-0.2, 0) is 14.3 Å². The highest BCUT2D eigenvalue weighted by molar-refractivity contribution is 5.98. The van der Waals surface area contributed by atoms with E-state index in [1.807, 2.05) is 54.6 Å². The van der Waals surface area contributed by atoms with E-state index < -0.39 is 42.2 Å². The molecule has 12 heteroatoms. The van der Waals surface area contributed by atoms with Crippen LogP contribution >= 0.6 is 0 Å². The summed E-state index contributed by atoms with van der Waals surface area (Å²) < 4.78 is 17.4. The summed E-state index contributed by atoms with van der Waals surface area (Å²) in [6.07, 6.45) is 6.72. The van der Waals surface area contributed by atoms with Gasteiger partial charge in [-0.25, -0.2) is 24.3 Å². The molecule has 49 heavy (non-hydrogen) atoms. The molecular formula is C37H42N4O8. The fourth-order valence-corrected chi connectivity index (χ4v) is 6.67. The van der Waals surface area contributed by atoms with Crippen molar-refractivity contribution in [3.05, 3.63) is 66.7 Å². The van der Waals surface area contributed by atoms with Gasteiger partial charge in [0.2, 0.25) is 0 Å². The van der Waals surface area contributed by atoms with Crippen molar-refractivity contribution in [3.8, 4) is 22.8 Å². The molecule has 0 spiro atoms. The molecule has 4 amide bonds. The second kappa shape index (κ2) is 15.0. The minimum Gasteiger partial charge on any atom is -0.497 e. The van der Waals surface area contributed by atoms with Gasteiger partial charge in [0.1, 0.15) is 29.7 Å². The number of fused-ring (bicyclic) bond motifs is 3. The van der Waals surface area contributed by atoms with Crippen molar-refractivity contribution in [2.75, 3.05) is 20.3 Å². The Morgan fingerprint density at radius 3 is 2.61 bits per heavy atom. The van der Waals surface area contributed by atoms with Crippen molar-refractivity contribution < 1.29 is 38.5 Å². The third-order valence-corrected chi connectivity index (χ3v) is 9.33. The van der Waals surface area contributed by atoms with Crippen LogP contribution in [0.15, 0.2) is 66.7 Å². The summed E-state index contributed by atoms with van der Waals surface area (Å²) in [6, 6.07) is 13.6. The van der Waals surface area contributed by atoms with E-state index in [0.717, 1.165) is 29.7 Å². The zero-order chi connectivity index (χ0) is 34.5. The first-order chi connectivity index (χ1) is 23.8. The van der Waals surface area contributed by atoms with Crippen LogP contribution in [0, 0.1) is 5.92 Å². The molecule has 5 unspecified atom stereocenters. The second-order valence-corrected chi connectivity index (χ2v) is 12.7. The first-order valence-electron chi connectivity index (χ1n) is 16.9. The summed E-state index contributed by atoms with van der Waals surface area (Å²) in [5, 5.41) is 13.3. The molecule has 3 aromatic rings. The fourth-order valence-electron chi connectivity index (χ4n) is 6.67. The summed E-state index contributed by atoms with van der Waals surface area (Å²) in [7, 11) is 1.58. The molecule has 2 N–H and O–H groups in total. The fraction of sp³-hybridized carbons (Fsp3) is 0.432. The highest BCUT2D eigenvalue weighted by Crippen LogP contribution is 2.40. The van der Waals surface area contributed by atoms with Crippen LogP contribution in [0.3, 0.4) is 0 Å². The maximum atomic E-state index is 14.3. The first-order valence-corrected chi connectivity index (χ1v) is 16.9. The van der Waals surface area contributed by atoms with E-state index in [1.165, 1.54) is 4.90 Å². The van der Waals surface area contributed by atoms with Crippen LogP contribution in [-0.4, -0.2) is 88.4 Å². The van der Waals surface area contributed by atoms with Crippen molar-refractivity contribution in [3.63, 3.8) is 0 Å². The number of benzene rings is 2. The lowest BCUT2D eigenvalue weighted by atomic mass is 10.1. The smallest absolute Gasteiger partial charge is 0.416 e. The number of methoxy groups -OCH3 is 1. The molecule has 1 saturated carbocycles. The molecular weight excluding hydrogens is 628 g/mol. The summed E-state index contributed by atoms with van der Waals surface area (Å²) >= 11 is 0. The molecule has 1 aromatic heterocycles. The van der Waals surface area contributed by atoms with Gasteiger partial charge in [0.25, 0.3) is 5.91 Å². The summed E-state index contributed by atoms with van der Waals surface area (Å²) in [5.74, 6) is -0.591. The topological polar surface area (TPSA) is 148 Å². The molecule has 3 heterocycles. The van der Waals surface area contributed by atoms with Crippen LogP contribution in [0.25, 0.3) is 22.2 Å². The number of nitrogens with zero attached hydrogens (tertiary/aromatic N) is 3. The van der Waals surface area contributed by atoms with Crippen LogP contribution < -0.4 is 14.8 Å². The Balaban J connectivity index is 1.35. The number of imide groups is 1. The molecule has 2 aliphatic heterocycles. The van der Waals surface area contributed by atoms with E-state index >= 15 is 0 Å². The quantitative estimate of drug-likeness (QED) is 0.311. The number of carbonyl (C=O) groups is 4. The van der Waals surface area contributed by atoms with Crippen molar-refractivity contribution in [1.29, 1.82) is 0 Å². The van der Waals surface area contributed by atoms with Crippen molar-refractivity contribution in [1.82, 2.24) is 20.1 Å². The number of nitrogens with one attached hydrogen (secondary N) is 1. The van der Waals surface area contributed by atoms with E-state index in [1.54, 1.807) is 20.1 Å². The Morgan fingerprint density at radius 2 is 1.86 bits per heavy atom. The molecule has 1 saturated heterocycles. The van der Waals surface area contributed by atoms with Gasteiger partial charge in [-0.3, -0.25) is 4.79 Å². The summed E-state index contributed by atoms with van der Waals surface area (Å²) in [5.41, 5.74) is 2.18. The van der Waals surface area contributed by atoms with E-state index in [0.29, 0.717) is 40.9 Å². The standard InChI is InChI=1S/C37H42N4O8/c1-3-48-37(46)41-31-18-24(31)14-8-5-4-6-11-15-28(35(43)44)39-36(45)40-22-26(20-32(40)34(41)42)49-33-21-29(23-12-9-7-10-13-23)38-30-19-25(47-2)16-17-27(30)33/h7-10,12-14,16-17,19,21,24,26,28,31-32H,3-6,11,15,18,20,22H2,1-2H3,(H,39,45)(H,43,44)/b14-8-. The number of carbonyl (C=O) groups excluding carboxylic acids is 3. The van der Waals surface area contributed by atoms with E-state index in [4.69, 9.17) is 19.2 Å². The van der Waals surface area contributed by atoms with Gasteiger partial charge in [-0.05, 0) is 50.7 Å². The predicted molar refractivity (Wildman–Crippen MR) is 181 cm³/mol. The normalized spacial score (nSPS) is 25.1. The van der Waals surface area contributed by atoms with Gasteiger partial charge in [-0.2, -0.15) is 0 Å². The SMILES string of the molecule is CCOC(=O)N1C(=O)C2CC(Oc3cc(-c4ccccc4)nc4cc(OC)ccc34)CN2C(=O)NC(C(=O)O)CCCCC/C=C\C2CC21. The number of ether oxygens (including phenoxy) is 3. The third kappa shape index (κ3) is 7.63. The van der Waals surface area contributed by atoms with Crippen LogP contribution in [0.2, 0.25) is 0 Å². The summed E-state index contributed by atoms with van der Waals surface area (Å²) in [4.78, 5) is 60.9. The lowest BCUT2D eigenvalue weighted by Gasteiger charge is -2.29. The Hall–Kier alpha value is -5.13. The van der Waals surface area contributed by atoms with E-state index in [-0.39, 0.29) is 38.0 Å². The van der Waals surface area contributed by atoms with Crippen LogP contribution in [0.5, 0.6) is 11.5 Å². The Labute approximate surface area is 285 Å². The Bertz CT molecular complexity index is 1730. The average Bonchev–Trinajstić information content (AvgIpc) is 3.72. The van der Waals surface area contributed by atoms with Gasteiger partial charge >= 0.3 is 18.1 Å². The van der Waals surface area contributed by atoms with Crippen molar-refractivity contribution >= 4 is 34.9 Å². The molecule has 12 nitrogen and oxygen atoms in total. The summed E-state index contributed by atoms with van der Waals surface area (Å²) in [6.45, 7) is 1.74. The number of pyridine rings is 1. The molecule has 258 valence electrons. The van der Waals surface area contributed by atoms with Crippen LogP contribution in [0.4, 0.5) is 9.59 Å². The van der Waals surface area contributed by atoms with Crippen LogP contribution in [0.1, 0.15) is 51.9 Å². The lowest BCUT2D eigenvalue weighted by Crippen LogP contribution is -2.55. The number of amides is 4. The number of aliphatic carboxylic acids is 1. The molecule has 2 aromatic carbocycles. The minimum absolute atomic E-state index is 0.00459. The van der Waals surface area contributed by atoms with Crippen molar-refractivity contribution in [2.24, 2.45) is 5.92 Å². The van der Waals surface area contributed by atoms with Gasteiger partial charge in [0.05, 0.1) is 37.5 Å².